The minimum absolute atomic E-state index is 0.161. The van der Waals surface area contributed by atoms with Crippen molar-refractivity contribution in [1.29, 1.82) is 0 Å². The molecule has 0 heterocycles. The number of rotatable bonds is 14. The molecule has 0 fully saturated rings. The lowest BCUT2D eigenvalue weighted by Gasteiger charge is -2.28. The largest absolute Gasteiger partial charge is 0.465 e. The van der Waals surface area contributed by atoms with Crippen molar-refractivity contribution >= 4 is 5.97 Å². The van der Waals surface area contributed by atoms with Gasteiger partial charge in [-0.2, -0.15) is 0 Å². The molecular weight excluding hydrogens is 266 g/mol. The van der Waals surface area contributed by atoms with Crippen molar-refractivity contribution in [2.75, 3.05) is 26.4 Å². The van der Waals surface area contributed by atoms with Crippen LogP contribution in [0.4, 0.5) is 0 Å². The fourth-order valence-electron chi connectivity index (χ4n) is 2.38. The van der Waals surface area contributed by atoms with Gasteiger partial charge in [-0.1, -0.05) is 39.5 Å². The lowest BCUT2D eigenvalue weighted by atomic mass is 9.96. The van der Waals surface area contributed by atoms with Gasteiger partial charge >= 0.3 is 5.97 Å². The summed E-state index contributed by atoms with van der Waals surface area (Å²) in [7, 11) is 0. The Morgan fingerprint density at radius 1 is 1.00 bits per heavy atom. The number of hydrogen-bond acceptors (Lipinski definition) is 4. The summed E-state index contributed by atoms with van der Waals surface area (Å²) in [6.45, 7) is 10.7. The van der Waals surface area contributed by atoms with E-state index in [9.17, 15) is 4.79 Å². The molecule has 0 spiro atoms. The maximum Gasteiger partial charge on any atom is 0.326 e. The number of nitrogens with one attached hydrogen (secondary N) is 1. The summed E-state index contributed by atoms with van der Waals surface area (Å²) >= 11 is 0. The molecule has 0 bridgehead atoms. The normalized spacial score (nSPS) is 13.9. The molecule has 0 amide bonds. The quantitative estimate of drug-likeness (QED) is 0.393. The van der Waals surface area contributed by atoms with E-state index in [2.05, 4.69) is 12.2 Å². The molecule has 0 radical (unpaired) electrons. The fraction of sp³-hybridized carbons (Fsp3) is 0.941. The first-order chi connectivity index (χ1) is 10.1. The van der Waals surface area contributed by atoms with E-state index in [1.165, 1.54) is 25.7 Å². The molecule has 1 atom stereocenters. The summed E-state index contributed by atoms with van der Waals surface area (Å²) in [6, 6.07) is 0. The van der Waals surface area contributed by atoms with Gasteiger partial charge in [0.1, 0.15) is 5.54 Å². The van der Waals surface area contributed by atoms with Gasteiger partial charge in [-0.3, -0.25) is 4.79 Å². The lowest BCUT2D eigenvalue weighted by Crippen LogP contribution is -2.50. The van der Waals surface area contributed by atoms with E-state index in [4.69, 9.17) is 9.47 Å². The molecule has 0 aromatic rings. The Morgan fingerprint density at radius 3 is 2.29 bits per heavy atom. The number of hydrogen-bond donors (Lipinski definition) is 1. The number of unbranched alkanes of at least 4 members (excludes halogenated alkanes) is 4. The number of ether oxygens (including phenoxy) is 2. The molecule has 0 aliphatic heterocycles. The number of esters is 1. The maximum atomic E-state index is 12.0. The summed E-state index contributed by atoms with van der Waals surface area (Å²) in [5, 5.41) is 3.24. The Bertz CT molecular complexity index is 258. The van der Waals surface area contributed by atoms with Crippen LogP contribution in [0.5, 0.6) is 0 Å². The van der Waals surface area contributed by atoms with E-state index < -0.39 is 5.54 Å². The second-order valence-electron chi connectivity index (χ2n) is 5.71. The van der Waals surface area contributed by atoms with Crippen LogP contribution in [0.1, 0.15) is 72.6 Å². The van der Waals surface area contributed by atoms with Gasteiger partial charge in [0.25, 0.3) is 0 Å². The highest BCUT2D eigenvalue weighted by molar-refractivity contribution is 5.80. The van der Waals surface area contributed by atoms with Gasteiger partial charge in [-0.15, -0.1) is 0 Å². The van der Waals surface area contributed by atoms with Crippen LogP contribution in [0.25, 0.3) is 0 Å². The summed E-state index contributed by atoms with van der Waals surface area (Å²) in [5.74, 6) is -0.161. The Hall–Kier alpha value is -0.610. The molecule has 0 aromatic heterocycles. The number of carbonyl (C=O) groups is 1. The Balaban J connectivity index is 3.76. The van der Waals surface area contributed by atoms with Crippen LogP contribution in [0, 0.1) is 0 Å². The van der Waals surface area contributed by atoms with Gasteiger partial charge in [0, 0.05) is 13.2 Å². The van der Waals surface area contributed by atoms with Gasteiger partial charge in [0.15, 0.2) is 0 Å². The zero-order valence-electron chi connectivity index (χ0n) is 14.5. The molecule has 4 nitrogen and oxygen atoms in total. The summed E-state index contributed by atoms with van der Waals surface area (Å²) < 4.78 is 10.8. The van der Waals surface area contributed by atoms with E-state index in [-0.39, 0.29) is 5.97 Å². The second kappa shape index (κ2) is 13.1. The highest BCUT2D eigenvalue weighted by atomic mass is 16.5. The van der Waals surface area contributed by atoms with Crippen LogP contribution >= 0.6 is 0 Å². The molecule has 1 N–H and O–H groups in total. The van der Waals surface area contributed by atoms with Crippen molar-refractivity contribution in [3.63, 3.8) is 0 Å². The van der Waals surface area contributed by atoms with Gasteiger partial charge < -0.3 is 14.8 Å². The maximum absolute atomic E-state index is 12.0. The predicted molar refractivity (Wildman–Crippen MR) is 87.5 cm³/mol. The standard InChI is InChI=1S/C17H35NO3/c1-5-8-9-10-11-14-20-15-12-13-17(4,18-6-2)16(19)21-7-3/h18H,5-15H2,1-4H3. The van der Waals surface area contributed by atoms with Crippen LogP contribution in [0.15, 0.2) is 0 Å². The van der Waals surface area contributed by atoms with Gasteiger partial charge in [0.2, 0.25) is 0 Å². The molecule has 0 saturated heterocycles. The number of carbonyl (C=O) groups excluding carboxylic acids is 1. The Labute approximate surface area is 131 Å². The van der Waals surface area contributed by atoms with Crippen LogP contribution in [-0.2, 0) is 14.3 Å². The zero-order chi connectivity index (χ0) is 16.0. The van der Waals surface area contributed by atoms with E-state index in [1.54, 1.807) is 0 Å². The Kier molecular flexibility index (Phi) is 12.7. The summed E-state index contributed by atoms with van der Waals surface area (Å²) in [5.41, 5.74) is -0.588. The van der Waals surface area contributed by atoms with Gasteiger partial charge in [-0.25, -0.2) is 0 Å². The molecule has 0 rings (SSSR count). The smallest absolute Gasteiger partial charge is 0.326 e. The van der Waals surface area contributed by atoms with Crippen molar-refractivity contribution in [2.45, 2.75) is 78.2 Å². The SMILES string of the molecule is CCCCCCCOCCCC(C)(NCC)C(=O)OCC. The molecular formula is C17H35NO3. The predicted octanol–water partition coefficient (Wildman–Crippen LogP) is 3.68. The highest BCUT2D eigenvalue weighted by Gasteiger charge is 2.32. The highest BCUT2D eigenvalue weighted by Crippen LogP contribution is 2.15. The van der Waals surface area contributed by atoms with Crippen LogP contribution < -0.4 is 5.32 Å². The van der Waals surface area contributed by atoms with Crippen molar-refractivity contribution in [3.05, 3.63) is 0 Å². The van der Waals surface area contributed by atoms with Gasteiger partial charge in [-0.05, 0) is 39.7 Å². The first-order valence-corrected chi connectivity index (χ1v) is 8.60. The molecule has 4 heteroatoms. The Morgan fingerprint density at radius 2 is 1.67 bits per heavy atom. The minimum Gasteiger partial charge on any atom is -0.465 e. The van der Waals surface area contributed by atoms with Crippen LogP contribution in [0.3, 0.4) is 0 Å². The molecule has 0 aliphatic carbocycles. The third-order valence-corrected chi connectivity index (χ3v) is 3.65. The molecule has 126 valence electrons. The average molecular weight is 301 g/mol. The minimum atomic E-state index is -0.588. The summed E-state index contributed by atoms with van der Waals surface area (Å²) in [4.78, 5) is 12.0. The van der Waals surface area contributed by atoms with E-state index in [0.29, 0.717) is 13.2 Å². The van der Waals surface area contributed by atoms with Crippen molar-refractivity contribution in [3.8, 4) is 0 Å². The molecule has 21 heavy (non-hydrogen) atoms. The number of likely N-dealkylation sites (N-methyl/N-ethyl adjacent to an activating group) is 1. The molecule has 0 saturated carbocycles. The fourth-order valence-corrected chi connectivity index (χ4v) is 2.38. The van der Waals surface area contributed by atoms with Crippen molar-refractivity contribution in [1.82, 2.24) is 5.32 Å². The van der Waals surface area contributed by atoms with Crippen LogP contribution in [0.2, 0.25) is 0 Å². The van der Waals surface area contributed by atoms with E-state index >= 15 is 0 Å². The molecule has 0 aliphatic rings. The lowest BCUT2D eigenvalue weighted by molar-refractivity contribution is -0.151. The van der Waals surface area contributed by atoms with Crippen molar-refractivity contribution in [2.24, 2.45) is 0 Å². The third-order valence-electron chi connectivity index (χ3n) is 3.65. The third kappa shape index (κ3) is 9.86. The zero-order valence-corrected chi connectivity index (χ0v) is 14.5. The topological polar surface area (TPSA) is 47.6 Å². The average Bonchev–Trinajstić information content (AvgIpc) is 2.46. The first-order valence-electron chi connectivity index (χ1n) is 8.60. The van der Waals surface area contributed by atoms with E-state index in [1.807, 2.05) is 20.8 Å². The molecule has 0 aromatic carbocycles. The van der Waals surface area contributed by atoms with Crippen molar-refractivity contribution < 1.29 is 14.3 Å². The monoisotopic (exact) mass is 301 g/mol. The summed E-state index contributed by atoms with van der Waals surface area (Å²) in [6.07, 6.45) is 7.92. The van der Waals surface area contributed by atoms with Crippen LogP contribution in [-0.4, -0.2) is 37.9 Å². The van der Waals surface area contributed by atoms with Gasteiger partial charge in [0.05, 0.1) is 6.61 Å². The first kappa shape index (κ1) is 20.4. The molecule has 1 unspecified atom stereocenters. The van der Waals surface area contributed by atoms with E-state index in [0.717, 1.165) is 32.4 Å². The second-order valence-corrected chi connectivity index (χ2v) is 5.71.